The van der Waals surface area contributed by atoms with Crippen LogP contribution in [0, 0.1) is 0 Å². The lowest BCUT2D eigenvalue weighted by molar-refractivity contribution is -0.138. The van der Waals surface area contributed by atoms with Gasteiger partial charge in [-0.1, -0.05) is 37.3 Å². The molecular weight excluding hydrogens is 432 g/mol. The van der Waals surface area contributed by atoms with Crippen molar-refractivity contribution < 1.29 is 28.2 Å². The molecule has 168 valence electrons. The molecule has 0 aliphatic carbocycles. The number of nitrogens with one attached hydrogen (secondary N) is 1. The van der Waals surface area contributed by atoms with E-state index in [0.717, 1.165) is 11.1 Å². The van der Waals surface area contributed by atoms with Crippen molar-refractivity contribution in [3.63, 3.8) is 0 Å². The molecule has 32 heavy (non-hydrogen) atoms. The van der Waals surface area contributed by atoms with Crippen LogP contribution in [0.25, 0.3) is 10.9 Å². The number of carboxylic acid groups (broad SMARTS) is 1. The predicted octanol–water partition coefficient (Wildman–Crippen LogP) is 3.02. The molecule has 1 unspecified atom stereocenters. The highest BCUT2D eigenvalue weighted by Gasteiger charge is 2.25. The van der Waals surface area contributed by atoms with Crippen LogP contribution in [0.2, 0.25) is 0 Å². The summed E-state index contributed by atoms with van der Waals surface area (Å²) in [6.45, 7) is 2.47. The Labute approximate surface area is 185 Å². The molecule has 0 fully saturated rings. The predicted molar refractivity (Wildman–Crippen MR) is 121 cm³/mol. The third-order valence-corrected chi connectivity index (χ3v) is 7.37. The van der Waals surface area contributed by atoms with Crippen molar-refractivity contribution in [3.05, 3.63) is 64.7 Å². The van der Waals surface area contributed by atoms with Gasteiger partial charge in [0.15, 0.2) is 5.88 Å². The van der Waals surface area contributed by atoms with Gasteiger partial charge in [-0.15, -0.1) is 0 Å². The number of aromatic hydroxyl groups is 1. The zero-order valence-electron chi connectivity index (χ0n) is 17.5. The summed E-state index contributed by atoms with van der Waals surface area (Å²) in [5.41, 5.74) is 3.98. The second kappa shape index (κ2) is 8.76. The molecule has 0 saturated heterocycles. The van der Waals surface area contributed by atoms with E-state index in [4.69, 9.17) is 4.74 Å². The fourth-order valence-electron chi connectivity index (χ4n) is 3.80. The highest BCUT2D eigenvalue weighted by Crippen LogP contribution is 2.32. The fourth-order valence-corrected chi connectivity index (χ4v) is 4.68. The Morgan fingerprint density at radius 1 is 1.19 bits per heavy atom. The minimum absolute atomic E-state index is 0.0655. The van der Waals surface area contributed by atoms with E-state index >= 15 is 0 Å². The molecule has 0 amide bonds. The number of benzene rings is 2. The van der Waals surface area contributed by atoms with E-state index in [0.29, 0.717) is 35.2 Å². The maximum Gasteiger partial charge on any atom is 0.328 e. The van der Waals surface area contributed by atoms with Gasteiger partial charge in [-0.3, -0.25) is 4.99 Å². The highest BCUT2D eigenvalue weighted by atomic mass is 32.2. The third-order valence-electron chi connectivity index (χ3n) is 5.63. The lowest BCUT2D eigenvalue weighted by Gasteiger charge is -2.14. The summed E-state index contributed by atoms with van der Waals surface area (Å²) in [5.74, 6) is -1.70. The van der Waals surface area contributed by atoms with Gasteiger partial charge in [0, 0.05) is 22.2 Å². The second-order valence-electron chi connectivity index (χ2n) is 7.73. The molecule has 9 heteroatoms. The minimum atomic E-state index is -3.36. The Balaban J connectivity index is 1.87. The number of aromatic nitrogens is 1. The van der Waals surface area contributed by atoms with E-state index in [2.05, 4.69) is 9.98 Å². The van der Waals surface area contributed by atoms with E-state index in [-0.39, 0.29) is 29.5 Å². The van der Waals surface area contributed by atoms with Gasteiger partial charge in [0.2, 0.25) is 0 Å². The number of aliphatic imine (C=N–C) groups is 1. The number of ether oxygens (including phenoxy) is 1. The first-order chi connectivity index (χ1) is 15.3. The molecule has 0 radical (unpaired) electrons. The first-order valence-electron chi connectivity index (χ1n) is 10.3. The number of carbonyl (C=O) groups is 1. The molecule has 4 rings (SSSR count). The molecule has 0 spiro atoms. The van der Waals surface area contributed by atoms with Crippen molar-refractivity contribution >= 4 is 32.4 Å². The van der Waals surface area contributed by atoms with Gasteiger partial charge in [0.05, 0.1) is 30.2 Å². The number of hydrogen-bond donors (Lipinski definition) is 3. The Kier molecular flexibility index (Phi) is 6.03. The molecule has 2 heterocycles. The van der Waals surface area contributed by atoms with Gasteiger partial charge < -0.3 is 19.9 Å². The molecule has 3 aromatic rings. The smallest absolute Gasteiger partial charge is 0.328 e. The van der Waals surface area contributed by atoms with Gasteiger partial charge in [0.25, 0.3) is 0 Å². The number of aromatic amines is 1. The van der Waals surface area contributed by atoms with E-state index in [9.17, 15) is 23.4 Å². The fraction of sp³-hybridized carbons (Fsp3) is 0.304. The molecule has 8 nitrogen and oxygen atoms in total. The normalized spacial score (nSPS) is 15.1. The number of rotatable bonds is 8. The van der Waals surface area contributed by atoms with Crippen molar-refractivity contribution in [2.24, 2.45) is 4.99 Å². The lowest BCUT2D eigenvalue weighted by Crippen LogP contribution is -2.24. The molecule has 3 N–H and O–H groups in total. The highest BCUT2D eigenvalue weighted by molar-refractivity contribution is 7.91. The molecule has 1 aliphatic heterocycles. The summed E-state index contributed by atoms with van der Waals surface area (Å²) in [4.78, 5) is 19.4. The molecule has 1 aliphatic rings. The summed E-state index contributed by atoms with van der Waals surface area (Å²) in [6, 6.07) is 11.6. The Hall–Kier alpha value is -3.17. The number of nitrogens with zero attached hydrogens (tertiary/aromatic N) is 1. The average Bonchev–Trinajstić information content (AvgIpc) is 3.37. The maximum atomic E-state index is 12.0. The number of fused-ring (bicyclic) bond motifs is 2. The largest absolute Gasteiger partial charge is 0.494 e. The second-order valence-corrected chi connectivity index (χ2v) is 10.2. The maximum absolute atomic E-state index is 12.0. The van der Waals surface area contributed by atoms with Crippen LogP contribution >= 0.6 is 0 Å². The van der Waals surface area contributed by atoms with Crippen LogP contribution in [0.1, 0.15) is 35.6 Å². The number of carboxylic acids is 1. The summed E-state index contributed by atoms with van der Waals surface area (Å²) in [5, 5.41) is 21.2. The first kappa shape index (κ1) is 22.0. The van der Waals surface area contributed by atoms with Crippen LogP contribution in [0.3, 0.4) is 0 Å². The summed E-state index contributed by atoms with van der Waals surface area (Å²) in [6.07, 6.45) is -0.161. The van der Waals surface area contributed by atoms with Gasteiger partial charge >= 0.3 is 5.97 Å². The quantitative estimate of drug-likeness (QED) is 0.447. The van der Waals surface area contributed by atoms with Crippen LogP contribution in [0.4, 0.5) is 0 Å². The summed E-state index contributed by atoms with van der Waals surface area (Å²) < 4.78 is 29.4. The lowest BCUT2D eigenvalue weighted by atomic mass is 9.97. The number of para-hydroxylation sites is 1. The van der Waals surface area contributed by atoms with E-state index < -0.39 is 21.8 Å². The van der Waals surface area contributed by atoms with Crippen molar-refractivity contribution in [2.45, 2.75) is 32.6 Å². The number of H-pyrrole nitrogens is 1. The van der Waals surface area contributed by atoms with Gasteiger partial charge in [-0.05, 0) is 29.7 Å². The number of aliphatic carboxylic acids is 1. The molecule has 0 bridgehead atoms. The average molecular weight is 457 g/mol. The SMILES string of the molecule is CCS(=O)(=O)CCC(N=C(c1ccc2c(c1)COC2)c1c(O)[nH]c2ccccc12)C(=O)O. The van der Waals surface area contributed by atoms with Gasteiger partial charge in [-0.2, -0.15) is 0 Å². The zero-order chi connectivity index (χ0) is 22.9. The van der Waals surface area contributed by atoms with Crippen molar-refractivity contribution in [1.29, 1.82) is 0 Å². The van der Waals surface area contributed by atoms with E-state index in [1.807, 2.05) is 36.4 Å². The van der Waals surface area contributed by atoms with Crippen LogP contribution < -0.4 is 0 Å². The first-order valence-corrected chi connectivity index (χ1v) is 12.1. The Bertz CT molecular complexity index is 1310. The van der Waals surface area contributed by atoms with Crippen LogP contribution in [-0.2, 0) is 32.6 Å². The molecule has 2 aromatic carbocycles. The van der Waals surface area contributed by atoms with Crippen molar-refractivity contribution in [2.75, 3.05) is 11.5 Å². The third kappa shape index (κ3) is 4.39. The Morgan fingerprint density at radius 2 is 1.94 bits per heavy atom. The monoisotopic (exact) mass is 456 g/mol. The van der Waals surface area contributed by atoms with Crippen molar-refractivity contribution in [1.82, 2.24) is 4.98 Å². The van der Waals surface area contributed by atoms with Gasteiger partial charge in [0.1, 0.15) is 15.9 Å². The number of hydrogen-bond acceptors (Lipinski definition) is 6. The van der Waals surface area contributed by atoms with Crippen LogP contribution in [0.15, 0.2) is 47.5 Å². The molecular formula is C23H24N2O6S. The molecule has 1 atom stereocenters. The summed E-state index contributed by atoms with van der Waals surface area (Å²) >= 11 is 0. The molecule has 1 aromatic heterocycles. The minimum Gasteiger partial charge on any atom is -0.494 e. The van der Waals surface area contributed by atoms with E-state index in [1.54, 1.807) is 6.07 Å². The standard InChI is InChI=1S/C23H24N2O6S/c1-2-32(29,30)10-9-19(23(27)28)24-21(14-7-8-15-12-31-13-16(15)11-14)20-17-5-3-4-6-18(17)25-22(20)26/h3-8,11,19,25-26H,2,9-10,12-13H2,1H3,(H,27,28). The Morgan fingerprint density at radius 3 is 2.69 bits per heavy atom. The molecule has 0 saturated carbocycles. The van der Waals surface area contributed by atoms with Gasteiger partial charge in [-0.25, -0.2) is 13.2 Å². The topological polar surface area (TPSA) is 129 Å². The summed E-state index contributed by atoms with van der Waals surface area (Å²) in [7, 11) is -3.36. The van der Waals surface area contributed by atoms with Crippen LogP contribution in [0.5, 0.6) is 5.88 Å². The van der Waals surface area contributed by atoms with E-state index in [1.165, 1.54) is 6.92 Å². The van der Waals surface area contributed by atoms with Crippen LogP contribution in [-0.4, -0.2) is 52.8 Å². The van der Waals surface area contributed by atoms with Crippen molar-refractivity contribution in [3.8, 4) is 5.88 Å². The number of sulfone groups is 1. The zero-order valence-corrected chi connectivity index (χ0v) is 18.4.